The van der Waals surface area contributed by atoms with Crippen LogP contribution < -0.4 is 5.73 Å². The third-order valence-corrected chi connectivity index (χ3v) is 7.33. The van der Waals surface area contributed by atoms with Crippen molar-refractivity contribution in [1.82, 2.24) is 0 Å². The summed E-state index contributed by atoms with van der Waals surface area (Å²) in [6, 6.07) is 23.0. The molecule has 0 aliphatic heterocycles. The number of hydrogen-bond acceptors (Lipinski definition) is 5. The Kier molecular flexibility index (Phi) is 5.70. The maximum absolute atomic E-state index is 12.9. The highest BCUT2D eigenvalue weighted by Crippen LogP contribution is 2.44. The molecule has 0 amide bonds. The molecule has 1 aromatic heterocycles. The fourth-order valence-electron chi connectivity index (χ4n) is 4.72. The first-order valence-electron chi connectivity index (χ1n) is 10.8. The van der Waals surface area contributed by atoms with Crippen molar-refractivity contribution in [1.29, 1.82) is 0 Å². The summed E-state index contributed by atoms with van der Waals surface area (Å²) in [5.74, 6) is -3.63. The second-order valence-electron chi connectivity index (χ2n) is 8.30. The molecule has 0 fully saturated rings. The van der Waals surface area contributed by atoms with Gasteiger partial charge in [0.15, 0.2) is 5.92 Å². The number of carbonyl (C=O) groups is 2. The zero-order chi connectivity index (χ0) is 22.9. The monoisotopic (exact) mass is 457 g/mol. The number of carboxylic acids is 1. The molecule has 1 aliphatic carbocycles. The molecule has 0 spiro atoms. The first-order chi connectivity index (χ1) is 16.0. The van der Waals surface area contributed by atoms with Crippen LogP contribution in [0.15, 0.2) is 78.2 Å². The standard InChI is InChI=1S/C27H23NO4S/c28-23(13-16-15-33-24-12-6-5-7-17(16)24)25(26(29)30)27(31)32-14-22-20-10-3-1-8-18(20)19-9-2-4-11-21(19)22/h1-12,15,22-23,25H,13-14,28H2,(H,29,30)/t23?,25-/m0/s1. The number of fused-ring (bicyclic) bond motifs is 4. The number of benzene rings is 3. The molecule has 1 heterocycles. The fourth-order valence-corrected chi connectivity index (χ4v) is 5.69. The molecule has 0 saturated heterocycles. The lowest BCUT2D eigenvalue weighted by atomic mass is 9.93. The first-order valence-corrected chi connectivity index (χ1v) is 11.7. The van der Waals surface area contributed by atoms with Crippen LogP contribution in [0, 0.1) is 5.92 Å². The van der Waals surface area contributed by atoms with E-state index in [0.717, 1.165) is 37.9 Å². The summed E-state index contributed by atoms with van der Waals surface area (Å²) >= 11 is 1.58. The van der Waals surface area contributed by atoms with Crippen LogP contribution in [-0.2, 0) is 20.7 Å². The van der Waals surface area contributed by atoms with E-state index in [1.165, 1.54) is 0 Å². The van der Waals surface area contributed by atoms with Gasteiger partial charge in [-0.05, 0) is 51.1 Å². The topological polar surface area (TPSA) is 89.6 Å². The van der Waals surface area contributed by atoms with Gasteiger partial charge in [-0.2, -0.15) is 0 Å². The van der Waals surface area contributed by atoms with Crippen molar-refractivity contribution in [3.05, 3.63) is 94.9 Å². The molecule has 3 aromatic carbocycles. The average molecular weight is 458 g/mol. The molecule has 0 radical (unpaired) electrons. The lowest BCUT2D eigenvalue weighted by Gasteiger charge is -2.21. The summed E-state index contributed by atoms with van der Waals surface area (Å²) in [7, 11) is 0. The number of carboxylic acid groups (broad SMARTS) is 1. The molecule has 166 valence electrons. The summed E-state index contributed by atoms with van der Waals surface area (Å²) in [6.07, 6.45) is 0.283. The number of esters is 1. The van der Waals surface area contributed by atoms with Crippen molar-refractivity contribution < 1.29 is 19.4 Å². The van der Waals surface area contributed by atoms with Crippen molar-refractivity contribution in [2.24, 2.45) is 11.7 Å². The van der Waals surface area contributed by atoms with E-state index in [0.29, 0.717) is 0 Å². The number of hydrogen-bond donors (Lipinski definition) is 2. The Morgan fingerprint density at radius 3 is 2.21 bits per heavy atom. The molecule has 0 saturated carbocycles. The smallest absolute Gasteiger partial charge is 0.321 e. The molecule has 1 aliphatic rings. The minimum atomic E-state index is -1.43. The van der Waals surface area contributed by atoms with Gasteiger partial charge in [-0.15, -0.1) is 11.3 Å². The minimum Gasteiger partial charge on any atom is -0.481 e. The van der Waals surface area contributed by atoms with Crippen molar-refractivity contribution in [2.75, 3.05) is 6.61 Å². The van der Waals surface area contributed by atoms with Gasteiger partial charge >= 0.3 is 11.9 Å². The van der Waals surface area contributed by atoms with E-state index in [4.69, 9.17) is 10.5 Å². The van der Waals surface area contributed by atoms with Gasteiger partial charge in [-0.3, -0.25) is 9.59 Å². The Balaban J connectivity index is 1.33. The van der Waals surface area contributed by atoms with Gasteiger partial charge in [-0.1, -0.05) is 66.7 Å². The largest absolute Gasteiger partial charge is 0.481 e. The summed E-state index contributed by atoms with van der Waals surface area (Å²) in [6.45, 7) is 0.0741. The summed E-state index contributed by atoms with van der Waals surface area (Å²) < 4.78 is 6.70. The summed E-state index contributed by atoms with van der Waals surface area (Å²) in [4.78, 5) is 24.9. The van der Waals surface area contributed by atoms with Gasteiger partial charge in [0, 0.05) is 16.7 Å². The van der Waals surface area contributed by atoms with Crippen molar-refractivity contribution in [3.8, 4) is 11.1 Å². The molecule has 2 atom stereocenters. The molecule has 33 heavy (non-hydrogen) atoms. The second-order valence-corrected chi connectivity index (χ2v) is 9.21. The Hall–Kier alpha value is -3.48. The molecule has 5 rings (SSSR count). The number of rotatable bonds is 7. The molecule has 3 N–H and O–H groups in total. The highest BCUT2D eigenvalue weighted by Gasteiger charge is 2.36. The van der Waals surface area contributed by atoms with Gasteiger partial charge in [0.2, 0.25) is 0 Å². The lowest BCUT2D eigenvalue weighted by Crippen LogP contribution is -2.43. The van der Waals surface area contributed by atoms with Crippen LogP contribution in [0.2, 0.25) is 0 Å². The minimum absolute atomic E-state index is 0.0741. The van der Waals surface area contributed by atoms with E-state index < -0.39 is 23.9 Å². The maximum Gasteiger partial charge on any atom is 0.321 e. The Morgan fingerprint density at radius 2 is 1.55 bits per heavy atom. The number of carbonyl (C=O) groups excluding carboxylic acids is 1. The van der Waals surface area contributed by atoms with Gasteiger partial charge in [0.25, 0.3) is 0 Å². The predicted octanol–water partition coefficient (Wildman–Crippen LogP) is 4.83. The molecular weight excluding hydrogens is 434 g/mol. The van der Waals surface area contributed by atoms with Crippen molar-refractivity contribution >= 4 is 33.4 Å². The van der Waals surface area contributed by atoms with Crippen LogP contribution in [0.25, 0.3) is 21.2 Å². The van der Waals surface area contributed by atoms with Crippen LogP contribution in [0.4, 0.5) is 0 Å². The van der Waals surface area contributed by atoms with E-state index in [1.54, 1.807) is 11.3 Å². The number of ether oxygens (including phenoxy) is 1. The third-order valence-electron chi connectivity index (χ3n) is 6.32. The van der Waals surface area contributed by atoms with Crippen LogP contribution in [-0.4, -0.2) is 29.7 Å². The van der Waals surface area contributed by atoms with E-state index in [9.17, 15) is 14.7 Å². The average Bonchev–Trinajstić information content (AvgIpc) is 3.37. The normalized spacial score (nSPS) is 14.5. The molecule has 5 nitrogen and oxygen atoms in total. The molecule has 0 bridgehead atoms. The molecule has 1 unspecified atom stereocenters. The molecule has 6 heteroatoms. The van der Waals surface area contributed by atoms with E-state index in [1.807, 2.05) is 66.0 Å². The summed E-state index contributed by atoms with van der Waals surface area (Å²) in [5.41, 5.74) is 11.6. The highest BCUT2D eigenvalue weighted by atomic mass is 32.1. The number of nitrogens with two attached hydrogens (primary N) is 1. The highest BCUT2D eigenvalue weighted by molar-refractivity contribution is 7.17. The van der Waals surface area contributed by atoms with Gasteiger partial charge in [0.1, 0.15) is 6.61 Å². The Morgan fingerprint density at radius 1 is 0.939 bits per heavy atom. The second kappa shape index (κ2) is 8.81. The Bertz CT molecular complexity index is 1300. The quantitative estimate of drug-likeness (QED) is 0.307. The molecule has 4 aromatic rings. The van der Waals surface area contributed by atoms with Crippen LogP contribution in [0.3, 0.4) is 0 Å². The van der Waals surface area contributed by atoms with Gasteiger partial charge in [-0.25, -0.2) is 0 Å². The SMILES string of the molecule is NC(Cc1csc2ccccc12)[C@@H](C(=O)O)C(=O)OCC1c2ccccc2-c2ccccc21. The maximum atomic E-state index is 12.9. The number of aliphatic carboxylic acids is 1. The van der Waals surface area contributed by atoms with E-state index in [2.05, 4.69) is 12.1 Å². The zero-order valence-corrected chi connectivity index (χ0v) is 18.6. The Labute approximate surface area is 195 Å². The van der Waals surface area contributed by atoms with Crippen LogP contribution in [0.5, 0.6) is 0 Å². The third kappa shape index (κ3) is 3.92. The predicted molar refractivity (Wildman–Crippen MR) is 129 cm³/mol. The van der Waals surface area contributed by atoms with Crippen molar-refractivity contribution in [2.45, 2.75) is 18.4 Å². The number of thiophene rings is 1. The summed E-state index contributed by atoms with van der Waals surface area (Å²) in [5, 5.41) is 12.8. The lowest BCUT2D eigenvalue weighted by molar-refractivity contribution is -0.159. The van der Waals surface area contributed by atoms with Crippen LogP contribution in [0.1, 0.15) is 22.6 Å². The first kappa shape index (κ1) is 21.4. The zero-order valence-electron chi connectivity index (χ0n) is 17.8. The fraction of sp³-hybridized carbons (Fsp3) is 0.185. The molecular formula is C27H23NO4S. The van der Waals surface area contributed by atoms with Gasteiger partial charge < -0.3 is 15.6 Å². The van der Waals surface area contributed by atoms with Crippen molar-refractivity contribution in [3.63, 3.8) is 0 Å². The van der Waals surface area contributed by atoms with E-state index >= 15 is 0 Å². The van der Waals surface area contributed by atoms with Crippen LogP contribution >= 0.6 is 11.3 Å². The van der Waals surface area contributed by atoms with Gasteiger partial charge in [0.05, 0.1) is 0 Å². The van der Waals surface area contributed by atoms with E-state index in [-0.39, 0.29) is 18.9 Å².